The first-order valence-corrected chi connectivity index (χ1v) is 10.2. The SMILES string of the molecule is CC1=C[C@H](C)[C@H](CN(CCC[N+](C)(C)C)C(=O)Nc2ccccc2)[C@H](C)C1. The van der Waals surface area contributed by atoms with Crippen molar-refractivity contribution in [3.8, 4) is 0 Å². The molecule has 1 aromatic carbocycles. The largest absolute Gasteiger partial charge is 0.331 e. The van der Waals surface area contributed by atoms with Crippen LogP contribution in [0.4, 0.5) is 10.5 Å². The highest BCUT2D eigenvalue weighted by Gasteiger charge is 2.30. The Balaban J connectivity index is 2.07. The minimum Gasteiger partial charge on any atom is -0.331 e. The summed E-state index contributed by atoms with van der Waals surface area (Å²) in [7, 11) is 6.60. The summed E-state index contributed by atoms with van der Waals surface area (Å²) in [6.45, 7) is 9.53. The van der Waals surface area contributed by atoms with Crippen LogP contribution < -0.4 is 5.32 Å². The van der Waals surface area contributed by atoms with Crippen molar-refractivity contribution < 1.29 is 9.28 Å². The number of amides is 2. The third-order valence-corrected chi connectivity index (χ3v) is 5.60. The summed E-state index contributed by atoms with van der Waals surface area (Å²) in [5, 5.41) is 3.08. The van der Waals surface area contributed by atoms with E-state index in [9.17, 15) is 4.79 Å². The van der Waals surface area contributed by atoms with Crippen molar-refractivity contribution in [2.75, 3.05) is 46.1 Å². The number of anilines is 1. The topological polar surface area (TPSA) is 32.3 Å². The number of hydrogen-bond donors (Lipinski definition) is 1. The van der Waals surface area contributed by atoms with Crippen LogP contribution in [0.1, 0.15) is 33.6 Å². The van der Waals surface area contributed by atoms with E-state index in [1.54, 1.807) is 0 Å². The van der Waals surface area contributed by atoms with Gasteiger partial charge in [-0.3, -0.25) is 0 Å². The number of carbonyl (C=O) groups is 1. The summed E-state index contributed by atoms with van der Waals surface area (Å²) >= 11 is 0. The molecule has 0 spiro atoms. The number of nitrogens with one attached hydrogen (secondary N) is 1. The average molecular weight is 373 g/mol. The second-order valence-corrected chi connectivity index (χ2v) is 9.33. The highest BCUT2D eigenvalue weighted by Crippen LogP contribution is 2.34. The Bertz CT molecular complexity index is 633. The molecule has 150 valence electrons. The molecule has 0 aliphatic heterocycles. The fourth-order valence-corrected chi connectivity index (χ4v) is 4.15. The van der Waals surface area contributed by atoms with E-state index < -0.39 is 0 Å². The van der Waals surface area contributed by atoms with Gasteiger partial charge in [-0.05, 0) is 43.2 Å². The molecule has 3 atom stereocenters. The van der Waals surface area contributed by atoms with Crippen LogP contribution in [0.5, 0.6) is 0 Å². The molecule has 0 saturated carbocycles. The number of benzene rings is 1. The first kappa shape index (κ1) is 21.5. The lowest BCUT2D eigenvalue weighted by Gasteiger charge is -2.37. The van der Waals surface area contributed by atoms with Gasteiger partial charge >= 0.3 is 6.03 Å². The fourth-order valence-electron chi connectivity index (χ4n) is 4.15. The lowest BCUT2D eigenvalue weighted by Crippen LogP contribution is -2.44. The zero-order valence-corrected chi connectivity index (χ0v) is 18.0. The molecule has 0 unspecified atom stereocenters. The summed E-state index contributed by atoms with van der Waals surface area (Å²) in [6, 6.07) is 9.79. The molecule has 0 heterocycles. The third-order valence-electron chi connectivity index (χ3n) is 5.60. The maximum absolute atomic E-state index is 13.0. The van der Waals surface area contributed by atoms with Crippen molar-refractivity contribution in [1.29, 1.82) is 0 Å². The molecule has 1 aliphatic carbocycles. The number of quaternary nitrogens is 1. The molecule has 1 aliphatic rings. The summed E-state index contributed by atoms with van der Waals surface area (Å²) in [5.74, 6) is 1.63. The smallest absolute Gasteiger partial charge is 0.321 e. The van der Waals surface area contributed by atoms with E-state index in [4.69, 9.17) is 0 Å². The monoisotopic (exact) mass is 372 g/mol. The number of rotatable bonds is 7. The zero-order chi connectivity index (χ0) is 20.0. The fraction of sp³-hybridized carbons (Fsp3) is 0.609. The summed E-state index contributed by atoms with van der Waals surface area (Å²) in [4.78, 5) is 15.1. The van der Waals surface area contributed by atoms with E-state index in [-0.39, 0.29) is 6.03 Å². The van der Waals surface area contributed by atoms with Crippen molar-refractivity contribution in [2.24, 2.45) is 17.8 Å². The predicted molar refractivity (Wildman–Crippen MR) is 115 cm³/mol. The molecule has 1 N–H and O–H groups in total. The summed E-state index contributed by atoms with van der Waals surface area (Å²) < 4.78 is 0.923. The number of urea groups is 1. The standard InChI is InChI=1S/C23H37N3O/c1-18-15-19(2)22(20(3)16-18)17-25(13-10-14-26(4,5)6)23(27)24-21-11-8-7-9-12-21/h7-9,11-12,15,19-20,22H,10,13-14,16-17H2,1-6H3/p+1/t19-,20+,22-/m0/s1. The number of para-hydroxylation sites is 1. The Morgan fingerprint density at radius 1 is 1.19 bits per heavy atom. The Morgan fingerprint density at radius 3 is 2.44 bits per heavy atom. The van der Waals surface area contributed by atoms with Crippen molar-refractivity contribution in [1.82, 2.24) is 4.90 Å². The van der Waals surface area contributed by atoms with E-state index in [1.807, 2.05) is 35.2 Å². The molecule has 2 amide bonds. The Labute approximate surface area is 165 Å². The van der Waals surface area contributed by atoms with Crippen molar-refractivity contribution in [3.63, 3.8) is 0 Å². The molecule has 4 nitrogen and oxygen atoms in total. The molecule has 0 bridgehead atoms. The summed E-state index contributed by atoms with van der Waals surface area (Å²) in [6.07, 6.45) is 4.54. The first-order chi connectivity index (χ1) is 12.7. The van der Waals surface area contributed by atoms with Crippen LogP contribution in [-0.4, -0.2) is 56.2 Å². The van der Waals surface area contributed by atoms with E-state index in [2.05, 4.69) is 53.3 Å². The molecule has 2 rings (SSSR count). The Hall–Kier alpha value is -1.81. The van der Waals surface area contributed by atoms with Gasteiger partial charge < -0.3 is 14.7 Å². The van der Waals surface area contributed by atoms with E-state index in [1.165, 1.54) is 5.57 Å². The number of allylic oxidation sites excluding steroid dienone is 2. The minimum absolute atomic E-state index is 0.0216. The van der Waals surface area contributed by atoms with E-state index >= 15 is 0 Å². The van der Waals surface area contributed by atoms with Gasteiger partial charge in [0.1, 0.15) is 0 Å². The third kappa shape index (κ3) is 7.02. The Kier molecular flexibility index (Phi) is 7.49. The molecule has 27 heavy (non-hydrogen) atoms. The molecular formula is C23H38N3O+. The average Bonchev–Trinajstić information content (AvgIpc) is 2.56. The molecule has 0 saturated heterocycles. The maximum Gasteiger partial charge on any atom is 0.321 e. The van der Waals surface area contributed by atoms with Crippen molar-refractivity contribution in [2.45, 2.75) is 33.6 Å². The van der Waals surface area contributed by atoms with Crippen LogP contribution in [0.3, 0.4) is 0 Å². The zero-order valence-electron chi connectivity index (χ0n) is 18.0. The van der Waals surface area contributed by atoms with Crippen LogP contribution in [0.2, 0.25) is 0 Å². The molecule has 0 fully saturated rings. The maximum atomic E-state index is 13.0. The van der Waals surface area contributed by atoms with Gasteiger partial charge in [-0.1, -0.05) is 43.7 Å². The second kappa shape index (κ2) is 9.41. The van der Waals surface area contributed by atoms with Crippen LogP contribution >= 0.6 is 0 Å². The molecule has 4 heteroatoms. The highest BCUT2D eigenvalue weighted by molar-refractivity contribution is 5.89. The van der Waals surface area contributed by atoms with Gasteiger partial charge in [0, 0.05) is 25.2 Å². The van der Waals surface area contributed by atoms with Gasteiger partial charge in [-0.15, -0.1) is 0 Å². The van der Waals surface area contributed by atoms with Gasteiger partial charge in [0.15, 0.2) is 0 Å². The number of carbonyl (C=O) groups excluding carboxylic acids is 1. The first-order valence-electron chi connectivity index (χ1n) is 10.2. The van der Waals surface area contributed by atoms with Crippen LogP contribution in [0.15, 0.2) is 42.0 Å². The second-order valence-electron chi connectivity index (χ2n) is 9.33. The molecule has 0 aromatic heterocycles. The van der Waals surface area contributed by atoms with Crippen LogP contribution in [0.25, 0.3) is 0 Å². The van der Waals surface area contributed by atoms with Gasteiger partial charge in [0.05, 0.1) is 27.7 Å². The Morgan fingerprint density at radius 2 is 1.85 bits per heavy atom. The lowest BCUT2D eigenvalue weighted by atomic mass is 9.75. The van der Waals surface area contributed by atoms with Gasteiger partial charge in [0.2, 0.25) is 0 Å². The highest BCUT2D eigenvalue weighted by atomic mass is 16.2. The molecule has 0 radical (unpaired) electrons. The van der Waals surface area contributed by atoms with Crippen molar-refractivity contribution >= 4 is 11.7 Å². The predicted octanol–water partition coefficient (Wildman–Crippen LogP) is 4.86. The van der Waals surface area contributed by atoms with E-state index in [0.29, 0.717) is 17.8 Å². The van der Waals surface area contributed by atoms with Crippen molar-refractivity contribution in [3.05, 3.63) is 42.0 Å². The van der Waals surface area contributed by atoms with Gasteiger partial charge in [0.25, 0.3) is 0 Å². The quantitative estimate of drug-likeness (QED) is 0.538. The van der Waals surface area contributed by atoms with Crippen LogP contribution in [0, 0.1) is 17.8 Å². The van der Waals surface area contributed by atoms with Gasteiger partial charge in [-0.2, -0.15) is 0 Å². The molecular weight excluding hydrogens is 334 g/mol. The normalized spacial score (nSPS) is 22.9. The number of nitrogens with zero attached hydrogens (tertiary/aromatic N) is 2. The van der Waals surface area contributed by atoms with E-state index in [0.717, 1.165) is 42.6 Å². The minimum atomic E-state index is 0.0216. The van der Waals surface area contributed by atoms with Crippen LogP contribution in [-0.2, 0) is 0 Å². The van der Waals surface area contributed by atoms with Gasteiger partial charge in [-0.25, -0.2) is 4.79 Å². The lowest BCUT2D eigenvalue weighted by molar-refractivity contribution is -0.870. The number of hydrogen-bond acceptors (Lipinski definition) is 1. The molecule has 1 aromatic rings. The summed E-state index contributed by atoms with van der Waals surface area (Å²) in [5.41, 5.74) is 2.34.